The number of benzene rings is 1. The summed E-state index contributed by atoms with van der Waals surface area (Å²) in [6, 6.07) is 6.23. The third-order valence-electron chi connectivity index (χ3n) is 4.53. The molecule has 1 fully saturated rings. The van der Waals surface area contributed by atoms with Crippen LogP contribution >= 0.6 is 24.0 Å². The molecule has 142 valence electrons. The number of hydrogen-bond donors (Lipinski definition) is 3. The molecule has 1 aliphatic rings. The zero-order valence-corrected chi connectivity index (χ0v) is 17.9. The monoisotopic (exact) mass is 461 g/mol. The predicted octanol–water partition coefficient (Wildman–Crippen LogP) is 3.02. The second-order valence-electron chi connectivity index (χ2n) is 6.62. The van der Waals surface area contributed by atoms with Crippen molar-refractivity contribution in [1.82, 2.24) is 10.6 Å². The van der Waals surface area contributed by atoms with E-state index >= 15 is 0 Å². The van der Waals surface area contributed by atoms with Crippen LogP contribution in [0, 0.1) is 6.92 Å². The minimum absolute atomic E-state index is 0. The predicted molar refractivity (Wildman–Crippen MR) is 114 cm³/mol. The number of guanidine groups is 1. The topological polar surface area (TPSA) is 65.9 Å². The van der Waals surface area contributed by atoms with E-state index in [2.05, 4.69) is 34.7 Å². The summed E-state index contributed by atoms with van der Waals surface area (Å²) in [6.07, 6.45) is 4.78. The Labute approximate surface area is 168 Å². The number of aliphatic hydroxyl groups is 1. The van der Waals surface area contributed by atoms with Crippen LogP contribution in [0.1, 0.15) is 43.7 Å². The molecule has 3 N–H and O–H groups in total. The van der Waals surface area contributed by atoms with Crippen molar-refractivity contribution in [3.05, 3.63) is 29.3 Å². The first-order chi connectivity index (χ1) is 11.6. The molecule has 0 heterocycles. The van der Waals surface area contributed by atoms with E-state index in [0.717, 1.165) is 56.9 Å². The van der Waals surface area contributed by atoms with Crippen molar-refractivity contribution in [2.75, 3.05) is 26.7 Å². The summed E-state index contributed by atoms with van der Waals surface area (Å²) < 4.78 is 5.43. The van der Waals surface area contributed by atoms with E-state index in [9.17, 15) is 5.11 Å². The molecule has 0 atom stereocenters. The summed E-state index contributed by atoms with van der Waals surface area (Å²) in [5, 5.41) is 17.0. The molecule has 0 amide bonds. The summed E-state index contributed by atoms with van der Waals surface area (Å²) in [5.41, 5.74) is 1.81. The number of halogens is 1. The third kappa shape index (κ3) is 7.01. The number of rotatable bonds is 7. The molecule has 1 aliphatic carbocycles. The molecule has 0 radical (unpaired) electrons. The zero-order valence-electron chi connectivity index (χ0n) is 15.6. The average Bonchev–Trinajstić information content (AvgIpc) is 3.00. The molecule has 0 bridgehead atoms. The van der Waals surface area contributed by atoms with Crippen molar-refractivity contribution >= 4 is 29.9 Å². The number of aliphatic imine (C=N–C) groups is 1. The van der Waals surface area contributed by atoms with Gasteiger partial charge in [-0.15, -0.1) is 24.0 Å². The molecule has 0 spiro atoms. The second kappa shape index (κ2) is 10.9. The number of hydrogen-bond acceptors (Lipinski definition) is 3. The SMILES string of the molecule is CCNC(=NCC1(O)CCCC1)NCCc1cc(C)ccc1OC.I. The number of ether oxygens (including phenoxy) is 1. The fourth-order valence-electron chi connectivity index (χ4n) is 3.18. The van der Waals surface area contributed by atoms with Crippen molar-refractivity contribution < 1.29 is 9.84 Å². The van der Waals surface area contributed by atoms with Gasteiger partial charge in [-0.05, 0) is 44.7 Å². The van der Waals surface area contributed by atoms with Crippen molar-refractivity contribution in [2.45, 2.75) is 51.6 Å². The highest BCUT2D eigenvalue weighted by molar-refractivity contribution is 14.0. The molecule has 5 nitrogen and oxygen atoms in total. The Kier molecular flexibility index (Phi) is 9.56. The summed E-state index contributed by atoms with van der Waals surface area (Å²) in [5.74, 6) is 1.69. The first-order valence-electron chi connectivity index (χ1n) is 8.94. The van der Waals surface area contributed by atoms with E-state index in [-0.39, 0.29) is 24.0 Å². The summed E-state index contributed by atoms with van der Waals surface area (Å²) in [4.78, 5) is 4.57. The van der Waals surface area contributed by atoms with Gasteiger partial charge in [-0.3, -0.25) is 4.99 Å². The molecule has 1 aromatic carbocycles. The van der Waals surface area contributed by atoms with Gasteiger partial charge in [0.15, 0.2) is 5.96 Å². The molecule has 1 aromatic rings. The van der Waals surface area contributed by atoms with Crippen molar-refractivity contribution in [1.29, 1.82) is 0 Å². The van der Waals surface area contributed by atoms with E-state index in [4.69, 9.17) is 4.74 Å². The summed E-state index contributed by atoms with van der Waals surface area (Å²) >= 11 is 0. The van der Waals surface area contributed by atoms with Crippen LogP contribution in [0.3, 0.4) is 0 Å². The van der Waals surface area contributed by atoms with Gasteiger partial charge in [-0.1, -0.05) is 30.5 Å². The molecular weight excluding hydrogens is 429 g/mol. The molecule has 1 saturated carbocycles. The highest BCUT2D eigenvalue weighted by Crippen LogP contribution is 2.29. The lowest BCUT2D eigenvalue weighted by Gasteiger charge is -2.20. The van der Waals surface area contributed by atoms with Crippen molar-refractivity contribution in [3.8, 4) is 5.75 Å². The van der Waals surface area contributed by atoms with Crippen molar-refractivity contribution in [2.24, 2.45) is 4.99 Å². The van der Waals surface area contributed by atoms with Crippen LogP contribution in [-0.2, 0) is 6.42 Å². The van der Waals surface area contributed by atoms with E-state index in [1.54, 1.807) is 7.11 Å². The molecule has 0 saturated heterocycles. The smallest absolute Gasteiger partial charge is 0.191 e. The highest BCUT2D eigenvalue weighted by Gasteiger charge is 2.30. The lowest BCUT2D eigenvalue weighted by Crippen LogP contribution is -2.40. The van der Waals surface area contributed by atoms with Gasteiger partial charge >= 0.3 is 0 Å². The van der Waals surface area contributed by atoms with Crippen LogP contribution in [0.15, 0.2) is 23.2 Å². The van der Waals surface area contributed by atoms with Crippen LogP contribution in [0.2, 0.25) is 0 Å². The molecule has 2 rings (SSSR count). The summed E-state index contributed by atoms with van der Waals surface area (Å²) in [6.45, 7) is 6.17. The van der Waals surface area contributed by atoms with Gasteiger partial charge in [0.05, 0.1) is 19.3 Å². The van der Waals surface area contributed by atoms with E-state index < -0.39 is 5.60 Å². The Hall–Kier alpha value is -1.02. The van der Waals surface area contributed by atoms with Gasteiger partial charge in [0.2, 0.25) is 0 Å². The Morgan fingerprint density at radius 2 is 2.00 bits per heavy atom. The molecule has 0 unspecified atom stereocenters. The Morgan fingerprint density at radius 3 is 2.64 bits per heavy atom. The molecule has 25 heavy (non-hydrogen) atoms. The quantitative estimate of drug-likeness (QED) is 0.332. The number of aryl methyl sites for hydroxylation is 1. The minimum Gasteiger partial charge on any atom is -0.496 e. The molecule has 0 aliphatic heterocycles. The van der Waals surface area contributed by atoms with E-state index in [1.807, 2.05) is 13.0 Å². The average molecular weight is 461 g/mol. The lowest BCUT2D eigenvalue weighted by atomic mass is 10.0. The fourth-order valence-corrected chi connectivity index (χ4v) is 3.18. The van der Waals surface area contributed by atoms with Gasteiger partial charge in [-0.2, -0.15) is 0 Å². The van der Waals surface area contributed by atoms with Crippen LogP contribution in [0.25, 0.3) is 0 Å². The highest BCUT2D eigenvalue weighted by atomic mass is 127. The van der Waals surface area contributed by atoms with Gasteiger partial charge in [-0.25, -0.2) is 0 Å². The number of nitrogens with zero attached hydrogens (tertiary/aromatic N) is 1. The van der Waals surface area contributed by atoms with Crippen molar-refractivity contribution in [3.63, 3.8) is 0 Å². The largest absolute Gasteiger partial charge is 0.496 e. The van der Waals surface area contributed by atoms with E-state index in [0.29, 0.717) is 6.54 Å². The van der Waals surface area contributed by atoms with Crippen LogP contribution < -0.4 is 15.4 Å². The van der Waals surface area contributed by atoms with Gasteiger partial charge < -0.3 is 20.5 Å². The Morgan fingerprint density at radius 1 is 1.28 bits per heavy atom. The second-order valence-corrected chi connectivity index (χ2v) is 6.62. The first-order valence-corrected chi connectivity index (χ1v) is 8.94. The maximum absolute atomic E-state index is 10.4. The van der Waals surface area contributed by atoms with Gasteiger partial charge in [0, 0.05) is 13.1 Å². The van der Waals surface area contributed by atoms with Crippen LogP contribution in [-0.4, -0.2) is 43.4 Å². The van der Waals surface area contributed by atoms with Gasteiger partial charge in [0.1, 0.15) is 5.75 Å². The number of methoxy groups -OCH3 is 1. The molecular formula is C19H32IN3O2. The Balaban J connectivity index is 0.00000312. The fraction of sp³-hybridized carbons (Fsp3) is 0.632. The van der Waals surface area contributed by atoms with E-state index in [1.165, 1.54) is 11.1 Å². The third-order valence-corrected chi connectivity index (χ3v) is 4.53. The maximum Gasteiger partial charge on any atom is 0.191 e. The Bertz CT molecular complexity index is 558. The summed E-state index contributed by atoms with van der Waals surface area (Å²) in [7, 11) is 1.70. The lowest BCUT2D eigenvalue weighted by molar-refractivity contribution is 0.0574. The standard InChI is InChI=1S/C19H31N3O2.HI/c1-4-20-18(22-14-19(23)10-5-6-11-19)21-12-9-16-13-15(2)7-8-17(16)24-3;/h7-8,13,23H,4-6,9-12,14H2,1-3H3,(H2,20,21,22);1H. The number of nitrogens with one attached hydrogen (secondary N) is 2. The van der Waals surface area contributed by atoms with Crippen LogP contribution in [0.5, 0.6) is 5.75 Å². The van der Waals surface area contributed by atoms with Crippen LogP contribution in [0.4, 0.5) is 0 Å². The first kappa shape index (κ1) is 22.0. The molecule has 6 heteroatoms. The maximum atomic E-state index is 10.4. The normalized spacial score (nSPS) is 16.2. The zero-order chi connectivity index (χ0) is 17.4. The minimum atomic E-state index is -0.609. The van der Waals surface area contributed by atoms with Gasteiger partial charge in [0.25, 0.3) is 0 Å². The molecule has 0 aromatic heterocycles.